The molecule has 2 heterocycles. The fraction of sp³-hybridized carbons (Fsp3) is 0.607. The fourth-order valence-corrected chi connectivity index (χ4v) is 6.65. The van der Waals surface area contributed by atoms with Crippen molar-refractivity contribution in [3.05, 3.63) is 35.0 Å². The average molecular weight is 497 g/mol. The molecule has 2 fully saturated rings. The van der Waals surface area contributed by atoms with E-state index >= 15 is 0 Å². The van der Waals surface area contributed by atoms with Crippen molar-refractivity contribution < 1.29 is 29.0 Å². The minimum atomic E-state index is -0.930. The van der Waals surface area contributed by atoms with Gasteiger partial charge in [-0.2, -0.15) is 0 Å². The highest BCUT2D eigenvalue weighted by atomic mass is 16.6. The Morgan fingerprint density at radius 3 is 2.64 bits per heavy atom. The van der Waals surface area contributed by atoms with Gasteiger partial charge < -0.3 is 24.0 Å². The van der Waals surface area contributed by atoms with Crippen LogP contribution in [0.3, 0.4) is 0 Å². The fourth-order valence-electron chi connectivity index (χ4n) is 6.65. The van der Waals surface area contributed by atoms with Crippen LogP contribution in [-0.4, -0.2) is 64.3 Å². The van der Waals surface area contributed by atoms with Crippen LogP contribution in [0.15, 0.2) is 18.2 Å². The van der Waals surface area contributed by atoms with Crippen molar-refractivity contribution in [2.45, 2.75) is 69.9 Å². The zero-order valence-electron chi connectivity index (χ0n) is 21.4. The molecule has 2 aromatic rings. The van der Waals surface area contributed by atoms with Gasteiger partial charge in [0.2, 0.25) is 0 Å². The Labute approximate surface area is 211 Å². The number of hydrogen-bond donors (Lipinski definition) is 1. The van der Waals surface area contributed by atoms with E-state index in [4.69, 9.17) is 9.47 Å². The van der Waals surface area contributed by atoms with Gasteiger partial charge in [-0.3, -0.25) is 14.4 Å². The Morgan fingerprint density at radius 2 is 1.94 bits per heavy atom. The van der Waals surface area contributed by atoms with Gasteiger partial charge in [-0.15, -0.1) is 0 Å². The summed E-state index contributed by atoms with van der Waals surface area (Å²) in [5, 5.41) is 10.4. The van der Waals surface area contributed by atoms with Crippen LogP contribution < -0.4 is 0 Å². The minimum absolute atomic E-state index is 0.0891. The number of fused-ring (bicyclic) bond motifs is 3. The van der Waals surface area contributed by atoms with Crippen LogP contribution in [0.5, 0.6) is 0 Å². The number of carbonyl (C=O) groups excluding carboxylic acids is 2. The molecule has 2 aliphatic carbocycles. The maximum Gasteiger partial charge on any atom is 0.303 e. The number of rotatable bonds is 7. The second kappa shape index (κ2) is 9.54. The third-order valence-corrected chi connectivity index (χ3v) is 8.86. The predicted octanol–water partition coefficient (Wildman–Crippen LogP) is 3.72. The Balaban J connectivity index is 1.42. The zero-order valence-corrected chi connectivity index (χ0v) is 21.4. The number of ether oxygens (including phenoxy) is 2. The van der Waals surface area contributed by atoms with E-state index in [1.807, 2.05) is 18.2 Å². The Morgan fingerprint density at radius 1 is 1.19 bits per heavy atom. The monoisotopic (exact) mass is 496 g/mol. The number of carboxylic acids is 1. The first-order valence-corrected chi connectivity index (χ1v) is 13.1. The molecular weight excluding hydrogens is 460 g/mol. The summed E-state index contributed by atoms with van der Waals surface area (Å²) < 4.78 is 13.3. The van der Waals surface area contributed by atoms with Gasteiger partial charge in [0.25, 0.3) is 5.91 Å². The Hall–Kier alpha value is -2.87. The first kappa shape index (κ1) is 24.8. The molecule has 8 heteroatoms. The van der Waals surface area contributed by atoms with Crippen LogP contribution in [0, 0.1) is 11.8 Å². The molecule has 8 nitrogen and oxygen atoms in total. The molecule has 194 valence electrons. The SMILES string of the molecule is CC(=O)O[C@@H]1CC1(CCC(=O)O)N(C)C(=O)c1ccc2c(c1)c1c(n2C)CC[C@@H](C2CCOCC2)C1. The van der Waals surface area contributed by atoms with E-state index in [9.17, 15) is 19.5 Å². The number of nitrogens with zero attached hydrogens (tertiary/aromatic N) is 2. The number of amides is 1. The summed E-state index contributed by atoms with van der Waals surface area (Å²) in [7, 11) is 3.80. The molecule has 5 rings (SSSR count). The number of likely N-dealkylation sites (N-methyl/N-ethyl adjacent to an activating group) is 1. The maximum atomic E-state index is 13.7. The van der Waals surface area contributed by atoms with Crippen molar-refractivity contribution in [3.63, 3.8) is 0 Å². The summed E-state index contributed by atoms with van der Waals surface area (Å²) in [5.41, 5.74) is 3.66. The van der Waals surface area contributed by atoms with Crippen molar-refractivity contribution in [2.24, 2.45) is 18.9 Å². The first-order valence-electron chi connectivity index (χ1n) is 13.1. The number of carboxylic acid groups (broad SMARTS) is 1. The number of carbonyl (C=O) groups is 3. The predicted molar refractivity (Wildman–Crippen MR) is 134 cm³/mol. The number of hydrogen-bond acceptors (Lipinski definition) is 5. The van der Waals surface area contributed by atoms with Crippen LogP contribution in [0.25, 0.3) is 10.9 Å². The molecule has 1 saturated heterocycles. The van der Waals surface area contributed by atoms with Crippen LogP contribution in [-0.2, 0) is 39.0 Å². The molecule has 1 amide bonds. The van der Waals surface area contributed by atoms with Crippen molar-refractivity contribution >= 4 is 28.7 Å². The third-order valence-electron chi connectivity index (χ3n) is 8.86. The average Bonchev–Trinajstić information content (AvgIpc) is 3.50. The van der Waals surface area contributed by atoms with E-state index in [1.165, 1.54) is 24.6 Å². The second-order valence-electron chi connectivity index (χ2n) is 10.8. The van der Waals surface area contributed by atoms with E-state index in [0.29, 0.717) is 23.8 Å². The molecule has 1 aliphatic heterocycles. The third kappa shape index (κ3) is 4.40. The molecule has 1 aromatic heterocycles. The molecule has 36 heavy (non-hydrogen) atoms. The normalized spacial score (nSPS) is 25.9. The molecule has 0 radical (unpaired) electrons. The summed E-state index contributed by atoms with van der Waals surface area (Å²) in [6.45, 7) is 3.04. The number of aromatic nitrogens is 1. The van der Waals surface area contributed by atoms with E-state index in [0.717, 1.165) is 49.8 Å². The number of benzene rings is 1. The summed E-state index contributed by atoms with van der Waals surface area (Å²) in [6.07, 6.45) is 5.67. The zero-order chi connectivity index (χ0) is 25.6. The van der Waals surface area contributed by atoms with Crippen molar-refractivity contribution in [3.8, 4) is 0 Å². The van der Waals surface area contributed by atoms with Crippen molar-refractivity contribution in [1.82, 2.24) is 9.47 Å². The van der Waals surface area contributed by atoms with Crippen LogP contribution in [0.1, 0.15) is 67.1 Å². The van der Waals surface area contributed by atoms with Gasteiger partial charge in [0.1, 0.15) is 6.10 Å². The van der Waals surface area contributed by atoms with Gasteiger partial charge >= 0.3 is 11.9 Å². The lowest BCUT2D eigenvalue weighted by Gasteiger charge is -2.33. The molecule has 1 saturated carbocycles. The molecule has 3 aliphatic rings. The van der Waals surface area contributed by atoms with Crippen molar-refractivity contribution in [1.29, 1.82) is 0 Å². The van der Waals surface area contributed by atoms with Gasteiger partial charge in [-0.25, -0.2) is 0 Å². The highest BCUT2D eigenvalue weighted by Crippen LogP contribution is 2.48. The van der Waals surface area contributed by atoms with E-state index in [-0.39, 0.29) is 18.7 Å². The van der Waals surface area contributed by atoms with Gasteiger partial charge in [0.05, 0.1) is 5.54 Å². The summed E-state index contributed by atoms with van der Waals surface area (Å²) in [4.78, 5) is 38.1. The van der Waals surface area contributed by atoms with E-state index in [2.05, 4.69) is 11.6 Å². The quantitative estimate of drug-likeness (QED) is 0.587. The van der Waals surface area contributed by atoms with Gasteiger partial charge in [0, 0.05) is 69.2 Å². The van der Waals surface area contributed by atoms with Gasteiger partial charge in [0.15, 0.2) is 0 Å². The number of esters is 1. The molecule has 3 atom stereocenters. The van der Waals surface area contributed by atoms with Gasteiger partial charge in [-0.05, 0) is 74.1 Å². The van der Waals surface area contributed by atoms with Crippen LogP contribution >= 0.6 is 0 Å². The van der Waals surface area contributed by atoms with Gasteiger partial charge in [-0.1, -0.05) is 0 Å². The van der Waals surface area contributed by atoms with Crippen LogP contribution in [0.2, 0.25) is 0 Å². The largest absolute Gasteiger partial charge is 0.481 e. The summed E-state index contributed by atoms with van der Waals surface area (Å²) >= 11 is 0. The van der Waals surface area contributed by atoms with E-state index in [1.54, 1.807) is 11.9 Å². The summed E-state index contributed by atoms with van der Waals surface area (Å²) in [5.74, 6) is -0.189. The standard InChI is InChI=1S/C28H36N2O6/c1-17(31)36-25-16-28(25,11-8-26(32)33)30(3)27(34)20-5-7-24-22(15-20)21-14-19(4-6-23(21)29(24)2)18-9-12-35-13-10-18/h5,7,15,18-19,25H,4,6,8-14,16H2,1-3H3,(H,32,33)/t19-,25-,28?/m1/s1. The number of aryl methyl sites for hydroxylation is 1. The molecule has 0 spiro atoms. The topological polar surface area (TPSA) is 98.1 Å². The number of aliphatic carboxylic acids is 1. The van der Waals surface area contributed by atoms with E-state index < -0.39 is 23.6 Å². The van der Waals surface area contributed by atoms with Crippen LogP contribution in [0.4, 0.5) is 0 Å². The highest BCUT2D eigenvalue weighted by Gasteiger charge is 2.61. The smallest absolute Gasteiger partial charge is 0.303 e. The first-order chi connectivity index (χ1) is 17.2. The highest BCUT2D eigenvalue weighted by molar-refractivity contribution is 6.00. The lowest BCUT2D eigenvalue weighted by atomic mass is 9.75. The maximum absolute atomic E-state index is 13.7. The molecule has 0 bridgehead atoms. The Bertz CT molecular complexity index is 1200. The molecule has 1 unspecified atom stereocenters. The lowest BCUT2D eigenvalue weighted by molar-refractivity contribution is -0.143. The molecular formula is C28H36N2O6. The molecule has 1 N–H and O–H groups in total. The summed E-state index contributed by atoms with van der Waals surface area (Å²) in [6, 6.07) is 5.89. The minimum Gasteiger partial charge on any atom is -0.481 e. The second-order valence-corrected chi connectivity index (χ2v) is 10.8. The lowest BCUT2D eigenvalue weighted by Crippen LogP contribution is -2.42. The van der Waals surface area contributed by atoms with Crippen molar-refractivity contribution in [2.75, 3.05) is 20.3 Å². The molecule has 1 aromatic carbocycles. The Kier molecular flexibility index (Phi) is 6.57.